The molecule has 1 aromatic carbocycles. The predicted molar refractivity (Wildman–Crippen MR) is 106 cm³/mol. The molecule has 8 nitrogen and oxygen atoms in total. The lowest BCUT2D eigenvalue weighted by molar-refractivity contribution is 0.0954. The average molecular weight is 395 g/mol. The first-order valence-corrected chi connectivity index (χ1v) is 9.07. The van der Waals surface area contributed by atoms with Crippen molar-refractivity contribution in [2.24, 2.45) is 0 Å². The molecule has 0 aliphatic heterocycles. The van der Waals surface area contributed by atoms with Crippen LogP contribution in [-0.2, 0) is 13.0 Å². The lowest BCUT2D eigenvalue weighted by Gasteiger charge is -2.09. The van der Waals surface area contributed by atoms with E-state index in [0.717, 1.165) is 5.69 Å². The second kappa shape index (κ2) is 7.65. The first-order chi connectivity index (χ1) is 13.6. The fourth-order valence-electron chi connectivity index (χ4n) is 2.93. The molecule has 0 spiro atoms. The highest BCUT2D eigenvalue weighted by Crippen LogP contribution is 2.12. The Balaban J connectivity index is 1.56. The number of aromatic amines is 2. The third-order valence-corrected chi connectivity index (χ3v) is 4.70. The number of fused-ring (bicyclic) bond motifs is 1. The predicted octanol–water partition coefficient (Wildman–Crippen LogP) is 2.40. The zero-order chi connectivity index (χ0) is 19.5. The van der Waals surface area contributed by atoms with Crippen molar-refractivity contribution in [3.63, 3.8) is 0 Å². The van der Waals surface area contributed by atoms with Crippen molar-refractivity contribution in [1.29, 1.82) is 0 Å². The molecular weight excluding hydrogens is 378 g/mol. The minimum absolute atomic E-state index is 0.222. The minimum Gasteiger partial charge on any atom is -0.467 e. The van der Waals surface area contributed by atoms with Gasteiger partial charge in [-0.25, -0.2) is 4.98 Å². The summed E-state index contributed by atoms with van der Waals surface area (Å²) >= 11 is 5.32. The first kappa shape index (κ1) is 17.9. The fourth-order valence-corrected chi connectivity index (χ4v) is 3.19. The molecule has 0 bridgehead atoms. The molecule has 0 unspecified atom stereocenters. The van der Waals surface area contributed by atoms with E-state index in [9.17, 15) is 9.59 Å². The van der Waals surface area contributed by atoms with E-state index in [-0.39, 0.29) is 22.8 Å². The van der Waals surface area contributed by atoms with Gasteiger partial charge in [-0.05, 0) is 42.5 Å². The number of rotatable bonds is 6. The highest BCUT2D eigenvalue weighted by atomic mass is 32.1. The Morgan fingerprint density at radius 3 is 2.96 bits per heavy atom. The summed E-state index contributed by atoms with van der Waals surface area (Å²) in [5.74, 6) is 0.412. The van der Waals surface area contributed by atoms with Crippen LogP contribution in [0.4, 0.5) is 0 Å². The van der Waals surface area contributed by atoms with Crippen molar-refractivity contribution in [3.8, 4) is 0 Å². The van der Waals surface area contributed by atoms with E-state index < -0.39 is 0 Å². The molecule has 3 heterocycles. The molecule has 28 heavy (non-hydrogen) atoms. The number of nitrogens with zero attached hydrogens (tertiary/aromatic N) is 2. The van der Waals surface area contributed by atoms with Crippen LogP contribution in [0.1, 0.15) is 21.8 Å². The summed E-state index contributed by atoms with van der Waals surface area (Å²) in [6.07, 6.45) is 5.52. The third-order valence-electron chi connectivity index (χ3n) is 4.37. The van der Waals surface area contributed by atoms with E-state index in [2.05, 4.69) is 20.3 Å². The number of benzene rings is 1. The smallest absolute Gasteiger partial charge is 0.262 e. The Hall–Kier alpha value is -3.46. The number of carbonyl (C=O) groups is 1. The molecule has 1 amide bonds. The number of aromatic nitrogens is 4. The van der Waals surface area contributed by atoms with E-state index in [4.69, 9.17) is 16.6 Å². The van der Waals surface area contributed by atoms with Crippen LogP contribution in [0.3, 0.4) is 0 Å². The Kier molecular flexibility index (Phi) is 4.90. The SMILES string of the molecule is O=C(NCCc1cnc[nH]1)c1ccc2c(=O)n(Cc3ccco3)c(=S)[nH]c2c1. The molecule has 0 saturated heterocycles. The number of imidazole rings is 1. The number of hydrogen-bond donors (Lipinski definition) is 3. The van der Waals surface area contributed by atoms with Crippen molar-refractivity contribution in [1.82, 2.24) is 24.8 Å². The van der Waals surface area contributed by atoms with Gasteiger partial charge in [0, 0.05) is 30.4 Å². The van der Waals surface area contributed by atoms with Crippen molar-refractivity contribution < 1.29 is 9.21 Å². The quantitative estimate of drug-likeness (QED) is 0.435. The Morgan fingerprint density at radius 2 is 2.21 bits per heavy atom. The number of furan rings is 1. The highest BCUT2D eigenvalue weighted by Gasteiger charge is 2.11. The standard InChI is InChI=1S/C19H17N5O3S/c25-17(21-6-5-13-9-20-11-22-13)12-3-4-15-16(8-12)23-19(28)24(18(15)26)10-14-2-1-7-27-14/h1-4,7-9,11H,5-6,10H2,(H,20,22)(H,21,25)(H,23,28). The lowest BCUT2D eigenvalue weighted by Crippen LogP contribution is -2.26. The minimum atomic E-state index is -0.235. The zero-order valence-corrected chi connectivity index (χ0v) is 15.6. The molecule has 3 N–H and O–H groups in total. The van der Waals surface area contributed by atoms with Gasteiger partial charge in [0.25, 0.3) is 11.5 Å². The van der Waals surface area contributed by atoms with Crippen molar-refractivity contribution in [2.75, 3.05) is 6.54 Å². The van der Waals surface area contributed by atoms with E-state index in [1.54, 1.807) is 49.1 Å². The molecule has 9 heteroatoms. The normalized spacial score (nSPS) is 11.0. The maximum Gasteiger partial charge on any atom is 0.262 e. The summed E-state index contributed by atoms with van der Waals surface area (Å²) in [7, 11) is 0. The van der Waals surface area contributed by atoms with Crippen molar-refractivity contribution >= 4 is 29.0 Å². The lowest BCUT2D eigenvalue weighted by atomic mass is 10.1. The highest BCUT2D eigenvalue weighted by molar-refractivity contribution is 7.71. The Bertz CT molecular complexity index is 1220. The van der Waals surface area contributed by atoms with Crippen molar-refractivity contribution in [3.05, 3.63) is 81.3 Å². The molecule has 0 atom stereocenters. The number of H-pyrrole nitrogens is 2. The number of carbonyl (C=O) groups excluding carboxylic acids is 1. The summed E-state index contributed by atoms with van der Waals surface area (Å²) in [6, 6.07) is 8.43. The summed E-state index contributed by atoms with van der Waals surface area (Å²) in [4.78, 5) is 35.1. The van der Waals surface area contributed by atoms with Gasteiger partial charge in [0.1, 0.15) is 5.76 Å². The summed E-state index contributed by atoms with van der Waals surface area (Å²) in [5.41, 5.74) is 1.68. The summed E-state index contributed by atoms with van der Waals surface area (Å²) < 4.78 is 7.00. The van der Waals surface area contributed by atoms with Crippen LogP contribution in [0, 0.1) is 4.77 Å². The average Bonchev–Trinajstić information content (AvgIpc) is 3.38. The van der Waals surface area contributed by atoms with E-state index >= 15 is 0 Å². The van der Waals surface area contributed by atoms with Gasteiger partial charge in [-0.2, -0.15) is 0 Å². The second-order valence-corrected chi connectivity index (χ2v) is 6.63. The van der Waals surface area contributed by atoms with E-state index in [0.29, 0.717) is 35.2 Å². The van der Waals surface area contributed by atoms with Gasteiger partial charge in [-0.1, -0.05) is 0 Å². The van der Waals surface area contributed by atoms with Crippen LogP contribution in [0.25, 0.3) is 10.9 Å². The van der Waals surface area contributed by atoms with Gasteiger partial charge < -0.3 is 19.7 Å². The molecule has 0 aliphatic rings. The van der Waals surface area contributed by atoms with Gasteiger partial charge in [0.2, 0.25) is 0 Å². The molecule has 0 aliphatic carbocycles. The first-order valence-electron chi connectivity index (χ1n) is 8.66. The van der Waals surface area contributed by atoms with Gasteiger partial charge in [0.15, 0.2) is 4.77 Å². The van der Waals surface area contributed by atoms with E-state index in [1.807, 2.05) is 0 Å². The van der Waals surface area contributed by atoms with Crippen LogP contribution in [-0.4, -0.2) is 32.0 Å². The molecule has 0 saturated carbocycles. The monoisotopic (exact) mass is 395 g/mol. The number of hydrogen-bond acceptors (Lipinski definition) is 5. The fraction of sp³-hybridized carbons (Fsp3) is 0.158. The van der Waals surface area contributed by atoms with Gasteiger partial charge in [-0.15, -0.1) is 0 Å². The molecule has 3 aromatic heterocycles. The maximum absolute atomic E-state index is 12.8. The second-order valence-electron chi connectivity index (χ2n) is 6.24. The van der Waals surface area contributed by atoms with Gasteiger partial charge in [-0.3, -0.25) is 14.2 Å². The summed E-state index contributed by atoms with van der Waals surface area (Å²) in [5, 5.41) is 3.30. The Labute approximate surface area is 164 Å². The largest absolute Gasteiger partial charge is 0.467 e. The van der Waals surface area contributed by atoms with Crippen LogP contribution >= 0.6 is 12.2 Å². The topological polar surface area (TPSA) is 109 Å². The van der Waals surface area contributed by atoms with E-state index in [1.165, 1.54) is 4.57 Å². The molecular formula is C19H17N5O3S. The van der Waals surface area contributed by atoms with Crippen LogP contribution < -0.4 is 10.9 Å². The maximum atomic E-state index is 12.8. The third kappa shape index (κ3) is 3.65. The van der Waals surface area contributed by atoms with Crippen LogP contribution in [0.5, 0.6) is 0 Å². The zero-order valence-electron chi connectivity index (χ0n) is 14.8. The molecule has 142 valence electrons. The van der Waals surface area contributed by atoms with Crippen LogP contribution in [0.2, 0.25) is 0 Å². The summed E-state index contributed by atoms with van der Waals surface area (Å²) in [6.45, 7) is 0.715. The Morgan fingerprint density at radius 1 is 1.32 bits per heavy atom. The number of amides is 1. The van der Waals surface area contributed by atoms with Crippen LogP contribution in [0.15, 0.2) is 58.3 Å². The molecule has 4 rings (SSSR count). The van der Waals surface area contributed by atoms with Gasteiger partial charge in [0.05, 0.1) is 30.0 Å². The number of nitrogens with one attached hydrogen (secondary N) is 3. The molecule has 4 aromatic rings. The van der Waals surface area contributed by atoms with Crippen molar-refractivity contribution in [2.45, 2.75) is 13.0 Å². The van der Waals surface area contributed by atoms with Gasteiger partial charge >= 0.3 is 0 Å². The molecule has 0 fully saturated rings. The molecule has 0 radical (unpaired) electrons.